The fraction of sp³-hybridized carbons (Fsp3) is 0.385. The van der Waals surface area contributed by atoms with Crippen molar-refractivity contribution in [1.29, 1.82) is 0 Å². The molecule has 19 heavy (non-hydrogen) atoms. The molecule has 0 fully saturated rings. The number of hydrogen-bond acceptors (Lipinski definition) is 4. The highest BCUT2D eigenvalue weighted by atomic mass is 32.2. The Morgan fingerprint density at radius 1 is 1.37 bits per heavy atom. The first-order chi connectivity index (χ1) is 8.80. The molecule has 1 aliphatic rings. The number of benzene rings is 1. The lowest BCUT2D eigenvalue weighted by atomic mass is 10.1. The van der Waals surface area contributed by atoms with E-state index in [1.807, 2.05) is 0 Å². The van der Waals surface area contributed by atoms with Gasteiger partial charge in [-0.3, -0.25) is 9.59 Å². The number of amides is 1. The van der Waals surface area contributed by atoms with Crippen LogP contribution in [0.2, 0.25) is 0 Å². The molecule has 1 heterocycles. The summed E-state index contributed by atoms with van der Waals surface area (Å²) in [6.07, 6.45) is 0.333. The Labute approximate surface area is 112 Å². The minimum absolute atomic E-state index is 0.0836. The summed E-state index contributed by atoms with van der Waals surface area (Å²) >= 11 is 0. The molecule has 1 unspecified atom stereocenters. The molecule has 0 N–H and O–H groups in total. The highest BCUT2D eigenvalue weighted by Gasteiger charge is 2.40. The number of anilines is 1. The van der Waals surface area contributed by atoms with E-state index in [2.05, 4.69) is 0 Å². The van der Waals surface area contributed by atoms with Gasteiger partial charge in [0, 0.05) is 19.0 Å². The van der Waals surface area contributed by atoms with Crippen LogP contribution in [0.25, 0.3) is 0 Å². The zero-order chi connectivity index (χ0) is 14.4. The van der Waals surface area contributed by atoms with Crippen LogP contribution in [-0.4, -0.2) is 32.4 Å². The minimum Gasteiger partial charge on any atom is -0.313 e. The first kappa shape index (κ1) is 13.7. The van der Waals surface area contributed by atoms with Crippen LogP contribution in [-0.2, 0) is 14.6 Å². The van der Waals surface area contributed by atoms with Gasteiger partial charge in [0.05, 0.1) is 10.6 Å². The van der Waals surface area contributed by atoms with Crippen molar-refractivity contribution in [3.8, 4) is 0 Å². The van der Waals surface area contributed by atoms with Crippen molar-refractivity contribution in [2.75, 3.05) is 11.9 Å². The van der Waals surface area contributed by atoms with Gasteiger partial charge in [0.15, 0.2) is 15.6 Å². The zero-order valence-electron chi connectivity index (χ0n) is 11.0. The lowest BCUT2D eigenvalue weighted by Crippen LogP contribution is -2.44. The van der Waals surface area contributed by atoms with E-state index in [-0.39, 0.29) is 16.4 Å². The molecule has 0 saturated heterocycles. The van der Waals surface area contributed by atoms with Crippen LogP contribution in [0.5, 0.6) is 0 Å². The maximum atomic E-state index is 12.2. The first-order valence-corrected chi connectivity index (χ1v) is 7.54. The number of carbonyl (C=O) groups is 2. The molecule has 0 bridgehead atoms. The third-order valence-corrected chi connectivity index (χ3v) is 5.50. The van der Waals surface area contributed by atoms with Crippen molar-refractivity contribution in [2.24, 2.45) is 0 Å². The smallest absolute Gasteiger partial charge is 0.245 e. The van der Waals surface area contributed by atoms with E-state index in [1.165, 1.54) is 37.1 Å². The summed E-state index contributed by atoms with van der Waals surface area (Å²) in [4.78, 5) is 25.0. The molecule has 2 rings (SSSR count). The van der Waals surface area contributed by atoms with E-state index in [4.69, 9.17) is 0 Å². The number of sulfone groups is 1. The SMILES string of the molecule is CCC(=O)c1ccc2c(c1)N(C)C(=O)C(C)S2(=O)=O. The second-order valence-corrected chi connectivity index (χ2v) is 6.78. The predicted molar refractivity (Wildman–Crippen MR) is 71.1 cm³/mol. The van der Waals surface area contributed by atoms with E-state index < -0.39 is 21.0 Å². The molecule has 0 aromatic heterocycles. The number of rotatable bonds is 2. The Morgan fingerprint density at radius 3 is 2.58 bits per heavy atom. The van der Waals surface area contributed by atoms with Crippen molar-refractivity contribution >= 4 is 27.2 Å². The van der Waals surface area contributed by atoms with E-state index in [9.17, 15) is 18.0 Å². The number of Topliss-reactive ketones (excluding diaryl/α,β-unsaturated/α-hetero) is 1. The monoisotopic (exact) mass is 281 g/mol. The van der Waals surface area contributed by atoms with Gasteiger partial charge in [0.25, 0.3) is 0 Å². The van der Waals surface area contributed by atoms with E-state index in [0.29, 0.717) is 12.0 Å². The van der Waals surface area contributed by atoms with Crippen molar-refractivity contribution in [3.63, 3.8) is 0 Å². The number of ketones is 1. The molecule has 102 valence electrons. The van der Waals surface area contributed by atoms with E-state index in [1.54, 1.807) is 6.92 Å². The Morgan fingerprint density at radius 2 is 2.00 bits per heavy atom. The highest BCUT2D eigenvalue weighted by Crippen LogP contribution is 2.34. The Balaban J connectivity index is 2.68. The summed E-state index contributed by atoms with van der Waals surface area (Å²) in [5, 5.41) is -1.09. The molecule has 0 radical (unpaired) electrons. The molecular formula is C13H15NO4S. The minimum atomic E-state index is -3.65. The quantitative estimate of drug-likeness (QED) is 0.769. The lowest BCUT2D eigenvalue weighted by molar-refractivity contribution is -0.117. The van der Waals surface area contributed by atoms with Gasteiger partial charge in [0.2, 0.25) is 5.91 Å². The summed E-state index contributed by atoms with van der Waals surface area (Å²) in [7, 11) is -2.13. The van der Waals surface area contributed by atoms with Gasteiger partial charge < -0.3 is 4.90 Å². The maximum Gasteiger partial charge on any atom is 0.245 e. The van der Waals surface area contributed by atoms with Gasteiger partial charge in [-0.05, 0) is 25.1 Å². The van der Waals surface area contributed by atoms with Gasteiger partial charge in [-0.1, -0.05) is 6.92 Å². The summed E-state index contributed by atoms with van der Waals surface area (Å²) in [6, 6.07) is 4.38. The van der Waals surface area contributed by atoms with Crippen LogP contribution >= 0.6 is 0 Å². The van der Waals surface area contributed by atoms with Gasteiger partial charge in [-0.2, -0.15) is 0 Å². The molecule has 0 saturated carbocycles. The average molecular weight is 281 g/mol. The van der Waals surface area contributed by atoms with E-state index in [0.717, 1.165) is 0 Å². The van der Waals surface area contributed by atoms with E-state index >= 15 is 0 Å². The Hall–Kier alpha value is -1.69. The molecular weight excluding hydrogens is 266 g/mol. The molecule has 1 aliphatic heterocycles. The van der Waals surface area contributed by atoms with Crippen LogP contribution in [0, 0.1) is 0 Å². The van der Waals surface area contributed by atoms with Crippen molar-refractivity contribution < 1.29 is 18.0 Å². The zero-order valence-corrected chi connectivity index (χ0v) is 11.8. The molecule has 0 aliphatic carbocycles. The molecule has 6 heteroatoms. The second kappa shape index (κ2) is 4.45. The second-order valence-electron chi connectivity index (χ2n) is 4.54. The Kier molecular flexibility index (Phi) is 3.22. The summed E-state index contributed by atoms with van der Waals surface area (Å²) in [5.41, 5.74) is 0.702. The van der Waals surface area contributed by atoms with Crippen LogP contribution in [0.15, 0.2) is 23.1 Å². The largest absolute Gasteiger partial charge is 0.313 e. The van der Waals surface area contributed by atoms with Crippen LogP contribution in [0.4, 0.5) is 5.69 Å². The molecule has 5 nitrogen and oxygen atoms in total. The fourth-order valence-corrected chi connectivity index (χ4v) is 3.66. The lowest BCUT2D eigenvalue weighted by Gasteiger charge is -2.29. The van der Waals surface area contributed by atoms with Gasteiger partial charge >= 0.3 is 0 Å². The molecule has 1 aromatic rings. The average Bonchev–Trinajstić information content (AvgIpc) is 2.41. The molecule has 1 atom stereocenters. The van der Waals surface area contributed by atoms with Crippen molar-refractivity contribution in [3.05, 3.63) is 23.8 Å². The number of fused-ring (bicyclic) bond motifs is 1. The van der Waals surface area contributed by atoms with Crippen LogP contribution in [0.1, 0.15) is 30.6 Å². The number of carbonyl (C=O) groups excluding carboxylic acids is 2. The first-order valence-electron chi connectivity index (χ1n) is 5.99. The van der Waals surface area contributed by atoms with Gasteiger partial charge in [-0.25, -0.2) is 8.42 Å². The normalized spacial score (nSPS) is 21.1. The van der Waals surface area contributed by atoms with Crippen LogP contribution in [0.3, 0.4) is 0 Å². The molecule has 1 amide bonds. The van der Waals surface area contributed by atoms with Crippen molar-refractivity contribution in [1.82, 2.24) is 0 Å². The fourth-order valence-electron chi connectivity index (χ4n) is 2.11. The standard InChI is InChI=1S/C13H15NO4S/c1-4-11(15)9-5-6-12-10(7-9)14(3)13(16)8(2)19(12,17)18/h5-8H,4H2,1-3H3. The van der Waals surface area contributed by atoms with Crippen molar-refractivity contribution in [2.45, 2.75) is 30.4 Å². The van der Waals surface area contributed by atoms with Gasteiger partial charge in [-0.15, -0.1) is 0 Å². The summed E-state index contributed by atoms with van der Waals surface area (Å²) < 4.78 is 24.4. The Bertz CT molecular complexity index is 663. The summed E-state index contributed by atoms with van der Waals surface area (Å²) in [5.74, 6) is -0.562. The topological polar surface area (TPSA) is 71.5 Å². The third-order valence-electron chi connectivity index (χ3n) is 3.41. The van der Waals surface area contributed by atoms with Crippen LogP contribution < -0.4 is 4.90 Å². The maximum absolute atomic E-state index is 12.2. The molecule has 0 spiro atoms. The highest BCUT2D eigenvalue weighted by molar-refractivity contribution is 7.93. The van der Waals surface area contributed by atoms with Gasteiger partial charge in [0.1, 0.15) is 5.25 Å². The predicted octanol–water partition coefficient (Wildman–Crippen LogP) is 1.42. The molecule has 1 aromatic carbocycles. The number of nitrogens with zero attached hydrogens (tertiary/aromatic N) is 1. The summed E-state index contributed by atoms with van der Waals surface area (Å²) in [6.45, 7) is 3.11. The number of hydrogen-bond donors (Lipinski definition) is 0. The third kappa shape index (κ3) is 1.96.